The van der Waals surface area contributed by atoms with E-state index < -0.39 is 20.9 Å². The van der Waals surface area contributed by atoms with Crippen molar-refractivity contribution in [3.63, 3.8) is 0 Å². The molecule has 5 nitrogen and oxygen atoms in total. The van der Waals surface area contributed by atoms with Gasteiger partial charge in [0, 0.05) is 23.0 Å². The molecule has 0 N–H and O–H groups in total. The van der Waals surface area contributed by atoms with Crippen LogP contribution in [-0.4, -0.2) is 29.4 Å². The third-order valence-corrected chi connectivity index (χ3v) is 5.29. The summed E-state index contributed by atoms with van der Waals surface area (Å²) in [7, 11) is -3.88. The average molecular weight is 309 g/mol. The van der Waals surface area contributed by atoms with Gasteiger partial charge in [0.25, 0.3) is 0 Å². The van der Waals surface area contributed by atoms with E-state index >= 15 is 0 Å². The molecule has 1 aromatic carbocycles. The standard InChI is InChI=1S/C13H9ClN2O3S/c14-9-2-3-10-8(6-9)7-11(12(10)17)20(18,19)13-15-4-1-5-16-13/h1-6,11H,7H2. The molecule has 0 saturated heterocycles. The minimum Gasteiger partial charge on any atom is -0.293 e. The lowest BCUT2D eigenvalue weighted by molar-refractivity contribution is 0.0997. The van der Waals surface area contributed by atoms with Crippen LogP contribution in [0.4, 0.5) is 0 Å². The van der Waals surface area contributed by atoms with Gasteiger partial charge in [0.1, 0.15) is 5.25 Å². The molecule has 3 rings (SSSR count). The van der Waals surface area contributed by atoms with Gasteiger partial charge < -0.3 is 0 Å². The summed E-state index contributed by atoms with van der Waals surface area (Å²) in [6.45, 7) is 0. The van der Waals surface area contributed by atoms with Crippen molar-refractivity contribution in [1.82, 2.24) is 9.97 Å². The van der Waals surface area contributed by atoms with E-state index in [1.54, 1.807) is 18.2 Å². The molecule has 1 aromatic heterocycles. The van der Waals surface area contributed by atoms with Gasteiger partial charge in [-0.1, -0.05) is 11.6 Å². The van der Waals surface area contributed by atoms with Gasteiger partial charge in [0.2, 0.25) is 15.0 Å². The Labute approximate surface area is 120 Å². The highest BCUT2D eigenvalue weighted by Crippen LogP contribution is 2.30. The molecule has 0 bridgehead atoms. The van der Waals surface area contributed by atoms with Crippen LogP contribution in [0.3, 0.4) is 0 Å². The van der Waals surface area contributed by atoms with Gasteiger partial charge in [-0.15, -0.1) is 0 Å². The first-order valence-corrected chi connectivity index (χ1v) is 7.76. The number of carbonyl (C=O) groups excluding carboxylic acids is 1. The smallest absolute Gasteiger partial charge is 0.247 e. The van der Waals surface area contributed by atoms with Crippen LogP contribution < -0.4 is 0 Å². The number of hydrogen-bond donors (Lipinski definition) is 0. The third kappa shape index (κ3) is 2.01. The molecule has 0 saturated carbocycles. The fourth-order valence-corrected chi connectivity index (χ4v) is 3.92. The first-order valence-electron chi connectivity index (χ1n) is 5.84. The second-order valence-corrected chi connectivity index (χ2v) is 6.90. The minimum atomic E-state index is -3.88. The first-order chi connectivity index (χ1) is 9.50. The number of halogens is 1. The number of ketones is 1. The molecule has 20 heavy (non-hydrogen) atoms. The largest absolute Gasteiger partial charge is 0.293 e. The summed E-state index contributed by atoms with van der Waals surface area (Å²) in [5, 5.41) is -1.01. The van der Waals surface area contributed by atoms with Crippen LogP contribution >= 0.6 is 11.6 Å². The molecule has 1 atom stereocenters. The van der Waals surface area contributed by atoms with E-state index in [0.717, 1.165) is 0 Å². The highest BCUT2D eigenvalue weighted by molar-refractivity contribution is 7.92. The zero-order valence-electron chi connectivity index (χ0n) is 10.2. The fraction of sp³-hybridized carbons (Fsp3) is 0.154. The summed E-state index contributed by atoms with van der Waals surface area (Å²) in [4.78, 5) is 19.7. The number of benzene rings is 1. The van der Waals surface area contributed by atoms with E-state index in [1.807, 2.05) is 0 Å². The molecule has 2 aromatic rings. The molecule has 102 valence electrons. The van der Waals surface area contributed by atoms with Crippen LogP contribution in [0.5, 0.6) is 0 Å². The van der Waals surface area contributed by atoms with Crippen molar-refractivity contribution in [2.45, 2.75) is 16.8 Å². The number of hydrogen-bond acceptors (Lipinski definition) is 5. The van der Waals surface area contributed by atoms with Crippen LogP contribution in [0.2, 0.25) is 5.02 Å². The molecule has 0 amide bonds. The topological polar surface area (TPSA) is 77.0 Å². The molecule has 1 aliphatic carbocycles. The maximum absolute atomic E-state index is 12.4. The van der Waals surface area contributed by atoms with Crippen molar-refractivity contribution in [2.75, 3.05) is 0 Å². The molecule has 0 fully saturated rings. The molecule has 7 heteroatoms. The Morgan fingerprint density at radius 1 is 1.20 bits per heavy atom. The van der Waals surface area contributed by atoms with E-state index in [2.05, 4.69) is 9.97 Å². The molecule has 0 spiro atoms. The predicted octanol–water partition coefficient (Wildman–Crippen LogP) is 1.71. The zero-order valence-corrected chi connectivity index (χ0v) is 11.7. The normalized spacial score (nSPS) is 18.1. The van der Waals surface area contributed by atoms with Crippen LogP contribution in [-0.2, 0) is 16.3 Å². The fourth-order valence-electron chi connectivity index (χ4n) is 2.25. The number of fused-ring (bicyclic) bond motifs is 1. The third-order valence-electron chi connectivity index (χ3n) is 3.20. The van der Waals surface area contributed by atoms with E-state index in [-0.39, 0.29) is 11.6 Å². The second kappa shape index (κ2) is 4.64. The Hall–Kier alpha value is -1.79. The SMILES string of the molecule is O=C1c2ccc(Cl)cc2CC1S(=O)(=O)c1ncccn1. The highest BCUT2D eigenvalue weighted by atomic mass is 35.5. The molecule has 1 unspecified atom stereocenters. The van der Waals surface area contributed by atoms with Crippen molar-refractivity contribution in [3.8, 4) is 0 Å². The lowest BCUT2D eigenvalue weighted by atomic mass is 10.1. The quantitative estimate of drug-likeness (QED) is 0.789. The van der Waals surface area contributed by atoms with E-state index in [4.69, 9.17) is 11.6 Å². The maximum Gasteiger partial charge on any atom is 0.247 e. The van der Waals surface area contributed by atoms with Crippen molar-refractivity contribution in [2.24, 2.45) is 0 Å². The van der Waals surface area contributed by atoms with Gasteiger partial charge in [0.05, 0.1) is 0 Å². The number of Topliss-reactive ketones (excluding diaryl/α,β-unsaturated/α-hetero) is 1. The van der Waals surface area contributed by atoms with Gasteiger partial charge in [0.15, 0.2) is 5.78 Å². The van der Waals surface area contributed by atoms with Crippen molar-refractivity contribution < 1.29 is 13.2 Å². The number of rotatable bonds is 2. The van der Waals surface area contributed by atoms with E-state index in [1.165, 1.54) is 18.5 Å². The van der Waals surface area contributed by atoms with Crippen molar-refractivity contribution in [3.05, 3.63) is 52.8 Å². The number of nitrogens with zero attached hydrogens (tertiary/aromatic N) is 2. The van der Waals surface area contributed by atoms with Gasteiger partial charge >= 0.3 is 0 Å². The van der Waals surface area contributed by atoms with E-state index in [9.17, 15) is 13.2 Å². The van der Waals surface area contributed by atoms with Gasteiger partial charge in [-0.25, -0.2) is 18.4 Å². The number of carbonyl (C=O) groups is 1. The molecule has 0 aliphatic heterocycles. The van der Waals surface area contributed by atoms with Crippen LogP contribution in [0, 0.1) is 0 Å². The second-order valence-electron chi connectivity index (χ2n) is 4.43. The van der Waals surface area contributed by atoms with Crippen LogP contribution in [0.1, 0.15) is 15.9 Å². The Bertz CT molecular complexity index is 791. The predicted molar refractivity (Wildman–Crippen MR) is 72.5 cm³/mol. The Kier molecular flexibility index (Phi) is 3.07. The zero-order chi connectivity index (χ0) is 14.3. The van der Waals surface area contributed by atoms with Gasteiger partial charge in [-0.2, -0.15) is 0 Å². The molecule has 1 heterocycles. The highest BCUT2D eigenvalue weighted by Gasteiger charge is 2.42. The first kappa shape index (κ1) is 13.2. The summed E-state index contributed by atoms with van der Waals surface area (Å²) in [6.07, 6.45) is 2.78. The van der Waals surface area contributed by atoms with Crippen LogP contribution in [0.15, 0.2) is 41.8 Å². The monoisotopic (exact) mass is 308 g/mol. The molecule has 1 aliphatic rings. The van der Waals surface area contributed by atoms with Gasteiger partial charge in [-0.3, -0.25) is 4.79 Å². The Balaban J connectivity index is 2.05. The van der Waals surface area contributed by atoms with Crippen LogP contribution in [0.25, 0.3) is 0 Å². The van der Waals surface area contributed by atoms with E-state index in [0.29, 0.717) is 16.1 Å². The molecular formula is C13H9ClN2O3S. The molecule has 0 radical (unpaired) electrons. The Morgan fingerprint density at radius 2 is 1.90 bits per heavy atom. The Morgan fingerprint density at radius 3 is 2.60 bits per heavy atom. The summed E-state index contributed by atoms with van der Waals surface area (Å²) < 4.78 is 24.8. The summed E-state index contributed by atoms with van der Waals surface area (Å²) in [6, 6.07) is 6.27. The number of aromatic nitrogens is 2. The maximum atomic E-state index is 12.4. The number of sulfone groups is 1. The average Bonchev–Trinajstić information content (AvgIpc) is 2.77. The van der Waals surface area contributed by atoms with Gasteiger partial charge in [-0.05, 0) is 36.2 Å². The summed E-state index contributed by atoms with van der Waals surface area (Å²) in [5.41, 5.74) is 1.05. The summed E-state index contributed by atoms with van der Waals surface area (Å²) >= 11 is 5.86. The minimum absolute atomic E-state index is 0.106. The summed E-state index contributed by atoms with van der Waals surface area (Å²) in [5.74, 6) is -0.427. The lowest BCUT2D eigenvalue weighted by Gasteiger charge is -2.07. The van der Waals surface area contributed by atoms with Crippen molar-refractivity contribution in [1.29, 1.82) is 0 Å². The van der Waals surface area contributed by atoms with Crippen molar-refractivity contribution >= 4 is 27.2 Å². The lowest BCUT2D eigenvalue weighted by Crippen LogP contribution is -2.28. The molecular weight excluding hydrogens is 300 g/mol.